The van der Waals surface area contributed by atoms with Crippen molar-refractivity contribution in [3.63, 3.8) is 0 Å². The second-order valence-corrected chi connectivity index (χ2v) is 3.16. The number of benzene rings is 1. The molecule has 1 aromatic carbocycles. The van der Waals surface area contributed by atoms with Crippen LogP contribution in [0.3, 0.4) is 0 Å². The number of hydrogen-bond acceptors (Lipinski definition) is 2. The van der Waals surface area contributed by atoms with E-state index < -0.39 is 0 Å². The molecular weight excluding hydrogens is 178 g/mol. The Morgan fingerprint density at radius 2 is 2.29 bits per heavy atom. The van der Waals surface area contributed by atoms with Gasteiger partial charge in [-0.05, 0) is 24.6 Å². The summed E-state index contributed by atoms with van der Waals surface area (Å²) in [5.41, 5.74) is 0.501. The Hall–Kier alpha value is -1.51. The zero-order valence-corrected chi connectivity index (χ0v) is 8.29. The van der Waals surface area contributed by atoms with Gasteiger partial charge in [0.15, 0.2) is 0 Å². The number of phenolic OH excluding ortho intramolecular Hbond substituents is 1. The van der Waals surface area contributed by atoms with Crippen LogP contribution in [-0.2, 0) is 0 Å². The molecular formula is C11H15NO2. The maximum atomic E-state index is 11.4. The summed E-state index contributed by atoms with van der Waals surface area (Å²) in [5.74, 6) is -0.0116. The monoisotopic (exact) mass is 193 g/mol. The number of hydrogen-bond donors (Lipinski definition) is 2. The van der Waals surface area contributed by atoms with Crippen LogP contribution >= 0.6 is 0 Å². The van der Waals surface area contributed by atoms with Crippen LogP contribution in [-0.4, -0.2) is 17.6 Å². The Morgan fingerprint density at radius 1 is 1.50 bits per heavy atom. The number of carbonyl (C=O) groups excluding carboxylic acids is 1. The van der Waals surface area contributed by atoms with Gasteiger partial charge in [0.1, 0.15) is 5.75 Å². The van der Waals surface area contributed by atoms with Gasteiger partial charge in [0.05, 0.1) is 0 Å². The van der Waals surface area contributed by atoms with Crippen molar-refractivity contribution in [2.24, 2.45) is 0 Å². The quantitative estimate of drug-likeness (QED) is 0.718. The predicted octanol–water partition coefficient (Wildman–Crippen LogP) is 1.92. The molecule has 0 aliphatic heterocycles. The lowest BCUT2D eigenvalue weighted by molar-refractivity contribution is 0.0953. The van der Waals surface area contributed by atoms with Crippen molar-refractivity contribution in [2.75, 3.05) is 6.54 Å². The highest BCUT2D eigenvalue weighted by molar-refractivity contribution is 5.94. The number of carbonyl (C=O) groups is 1. The van der Waals surface area contributed by atoms with Crippen LogP contribution in [0, 0.1) is 0 Å². The largest absolute Gasteiger partial charge is 0.508 e. The summed E-state index contributed by atoms with van der Waals surface area (Å²) in [4.78, 5) is 11.4. The Kier molecular flexibility index (Phi) is 3.98. The second kappa shape index (κ2) is 5.27. The van der Waals surface area contributed by atoms with Crippen LogP contribution in [0.1, 0.15) is 30.1 Å². The van der Waals surface area contributed by atoms with E-state index in [2.05, 4.69) is 12.2 Å². The average Bonchev–Trinajstić information content (AvgIpc) is 2.18. The van der Waals surface area contributed by atoms with Gasteiger partial charge in [0.25, 0.3) is 5.91 Å². The molecule has 1 amide bonds. The fraction of sp³-hybridized carbons (Fsp3) is 0.364. The number of amides is 1. The van der Waals surface area contributed by atoms with E-state index in [1.54, 1.807) is 18.2 Å². The highest BCUT2D eigenvalue weighted by Crippen LogP contribution is 2.10. The first-order valence-electron chi connectivity index (χ1n) is 4.81. The van der Waals surface area contributed by atoms with Crippen molar-refractivity contribution >= 4 is 5.91 Å². The molecule has 0 saturated carbocycles. The molecule has 0 fully saturated rings. The van der Waals surface area contributed by atoms with Crippen molar-refractivity contribution in [1.29, 1.82) is 0 Å². The fourth-order valence-corrected chi connectivity index (χ4v) is 1.13. The van der Waals surface area contributed by atoms with E-state index in [0.29, 0.717) is 12.1 Å². The molecule has 0 heterocycles. The highest BCUT2D eigenvalue weighted by Gasteiger charge is 2.04. The molecule has 0 aliphatic carbocycles. The molecule has 0 unspecified atom stereocenters. The molecule has 3 heteroatoms. The third kappa shape index (κ3) is 3.09. The number of phenols is 1. The smallest absolute Gasteiger partial charge is 0.251 e. The molecule has 0 spiro atoms. The summed E-state index contributed by atoms with van der Waals surface area (Å²) >= 11 is 0. The zero-order chi connectivity index (χ0) is 10.4. The molecule has 0 aliphatic rings. The van der Waals surface area contributed by atoms with E-state index >= 15 is 0 Å². The molecule has 3 nitrogen and oxygen atoms in total. The van der Waals surface area contributed by atoms with Gasteiger partial charge in [0.2, 0.25) is 0 Å². The number of nitrogens with one attached hydrogen (secondary N) is 1. The maximum Gasteiger partial charge on any atom is 0.251 e. The van der Waals surface area contributed by atoms with Crippen molar-refractivity contribution < 1.29 is 9.90 Å². The van der Waals surface area contributed by atoms with Crippen LogP contribution in [0.25, 0.3) is 0 Å². The summed E-state index contributed by atoms with van der Waals surface area (Å²) in [6.07, 6.45) is 2.03. The first-order chi connectivity index (χ1) is 6.74. The van der Waals surface area contributed by atoms with Crippen molar-refractivity contribution in [3.05, 3.63) is 29.8 Å². The highest BCUT2D eigenvalue weighted by atomic mass is 16.3. The Balaban J connectivity index is 2.52. The minimum atomic E-state index is -0.130. The number of unbranched alkanes of at least 4 members (excludes halogenated alkanes) is 1. The third-order valence-electron chi connectivity index (χ3n) is 1.92. The summed E-state index contributed by atoms with van der Waals surface area (Å²) in [6.45, 7) is 2.76. The van der Waals surface area contributed by atoms with Crippen LogP contribution in [0.5, 0.6) is 5.75 Å². The molecule has 0 aromatic heterocycles. The molecule has 76 valence electrons. The lowest BCUT2D eigenvalue weighted by Gasteiger charge is -2.03. The van der Waals surface area contributed by atoms with Crippen molar-refractivity contribution in [3.8, 4) is 5.75 Å². The maximum absolute atomic E-state index is 11.4. The molecule has 1 rings (SSSR count). The van der Waals surface area contributed by atoms with Gasteiger partial charge < -0.3 is 10.4 Å². The van der Waals surface area contributed by atoms with E-state index in [9.17, 15) is 4.79 Å². The van der Waals surface area contributed by atoms with Gasteiger partial charge in [-0.3, -0.25) is 4.79 Å². The average molecular weight is 193 g/mol. The Bertz CT molecular complexity index is 310. The summed E-state index contributed by atoms with van der Waals surface area (Å²) in [5, 5.41) is 11.9. The van der Waals surface area contributed by atoms with Gasteiger partial charge in [-0.15, -0.1) is 0 Å². The number of aromatic hydroxyl groups is 1. The topological polar surface area (TPSA) is 49.3 Å². The minimum absolute atomic E-state index is 0.119. The lowest BCUT2D eigenvalue weighted by atomic mass is 10.2. The normalized spacial score (nSPS) is 9.79. The first-order valence-corrected chi connectivity index (χ1v) is 4.81. The number of rotatable bonds is 4. The first kappa shape index (κ1) is 10.6. The molecule has 0 saturated heterocycles. The van der Waals surface area contributed by atoms with E-state index in [-0.39, 0.29) is 11.7 Å². The Labute approximate surface area is 83.8 Å². The van der Waals surface area contributed by atoms with Crippen LogP contribution in [0.2, 0.25) is 0 Å². The van der Waals surface area contributed by atoms with E-state index in [4.69, 9.17) is 5.11 Å². The molecule has 0 radical (unpaired) electrons. The van der Waals surface area contributed by atoms with E-state index in [1.165, 1.54) is 6.07 Å². The SMILES string of the molecule is CCCCNC(=O)c1cccc(O)c1. The van der Waals surface area contributed by atoms with Crippen molar-refractivity contribution in [1.82, 2.24) is 5.32 Å². The van der Waals surface area contributed by atoms with Gasteiger partial charge in [-0.1, -0.05) is 19.4 Å². The van der Waals surface area contributed by atoms with Crippen LogP contribution < -0.4 is 5.32 Å². The molecule has 2 N–H and O–H groups in total. The van der Waals surface area contributed by atoms with Crippen LogP contribution in [0.15, 0.2) is 24.3 Å². The van der Waals surface area contributed by atoms with Crippen LogP contribution in [0.4, 0.5) is 0 Å². The fourth-order valence-electron chi connectivity index (χ4n) is 1.13. The summed E-state index contributed by atoms with van der Waals surface area (Å²) < 4.78 is 0. The second-order valence-electron chi connectivity index (χ2n) is 3.16. The molecule has 14 heavy (non-hydrogen) atoms. The van der Waals surface area contributed by atoms with E-state index in [1.807, 2.05) is 0 Å². The van der Waals surface area contributed by atoms with Crippen molar-refractivity contribution in [2.45, 2.75) is 19.8 Å². The third-order valence-corrected chi connectivity index (χ3v) is 1.92. The standard InChI is InChI=1S/C11H15NO2/c1-2-3-7-12-11(14)9-5-4-6-10(13)8-9/h4-6,8,13H,2-3,7H2,1H3,(H,12,14). The lowest BCUT2D eigenvalue weighted by Crippen LogP contribution is -2.24. The summed E-state index contributed by atoms with van der Waals surface area (Å²) in [6, 6.07) is 6.34. The minimum Gasteiger partial charge on any atom is -0.508 e. The zero-order valence-electron chi connectivity index (χ0n) is 8.29. The summed E-state index contributed by atoms with van der Waals surface area (Å²) in [7, 11) is 0. The molecule has 0 bridgehead atoms. The molecule has 0 atom stereocenters. The van der Waals surface area contributed by atoms with E-state index in [0.717, 1.165) is 12.8 Å². The predicted molar refractivity (Wildman–Crippen MR) is 55.3 cm³/mol. The van der Waals surface area contributed by atoms with Gasteiger partial charge in [-0.25, -0.2) is 0 Å². The van der Waals surface area contributed by atoms with Gasteiger partial charge >= 0.3 is 0 Å². The van der Waals surface area contributed by atoms with Gasteiger partial charge in [0, 0.05) is 12.1 Å². The van der Waals surface area contributed by atoms with Gasteiger partial charge in [-0.2, -0.15) is 0 Å². The Morgan fingerprint density at radius 3 is 2.93 bits per heavy atom. The molecule has 1 aromatic rings.